The van der Waals surface area contributed by atoms with E-state index in [0.29, 0.717) is 16.9 Å². The molecule has 0 spiro atoms. The highest BCUT2D eigenvalue weighted by atomic mass is 16.6. The Morgan fingerprint density at radius 3 is 2.25 bits per heavy atom. The van der Waals surface area contributed by atoms with Crippen LogP contribution in [0.5, 0.6) is 11.5 Å². The molecule has 1 aliphatic heterocycles. The van der Waals surface area contributed by atoms with Crippen LogP contribution in [-0.4, -0.2) is 46.1 Å². The number of hydrogen-bond acceptors (Lipinski definition) is 5. The van der Waals surface area contributed by atoms with E-state index in [1.807, 2.05) is 40.7 Å². The van der Waals surface area contributed by atoms with E-state index in [-0.39, 0.29) is 23.8 Å². The lowest BCUT2D eigenvalue weighted by molar-refractivity contribution is -0.147. The molecule has 0 unspecified atom stereocenters. The van der Waals surface area contributed by atoms with Crippen LogP contribution in [0.2, 0.25) is 0 Å². The molecule has 0 saturated heterocycles. The van der Waals surface area contributed by atoms with Gasteiger partial charge in [-0.25, -0.2) is 9.80 Å². The number of carbonyl (C=O) groups excluding carboxylic acids is 2. The minimum absolute atomic E-state index is 0.116. The molecule has 0 aliphatic carbocycles. The summed E-state index contributed by atoms with van der Waals surface area (Å²) in [5, 5.41) is 10.5. The highest BCUT2D eigenvalue weighted by Gasteiger charge is 2.33. The maximum atomic E-state index is 13.3. The Bertz CT molecular complexity index is 1070. The fourth-order valence-corrected chi connectivity index (χ4v) is 3.55. The first kappa shape index (κ1) is 23.1. The molecule has 2 aromatic rings. The Morgan fingerprint density at radius 1 is 1.06 bits per heavy atom. The molecule has 32 heavy (non-hydrogen) atoms. The van der Waals surface area contributed by atoms with Crippen LogP contribution < -0.4 is 14.9 Å². The lowest BCUT2D eigenvalue weighted by Crippen LogP contribution is -2.56. The van der Waals surface area contributed by atoms with Crippen molar-refractivity contribution in [1.29, 1.82) is 0 Å². The molecular weight excluding hydrogens is 412 g/mol. The van der Waals surface area contributed by atoms with E-state index in [9.17, 15) is 19.5 Å². The zero-order chi connectivity index (χ0) is 23.8. The molecule has 1 atom stereocenters. The van der Waals surface area contributed by atoms with Gasteiger partial charge in [-0.2, -0.15) is 0 Å². The summed E-state index contributed by atoms with van der Waals surface area (Å²) in [6.45, 7) is 10.8. The Morgan fingerprint density at radius 2 is 1.69 bits per heavy atom. The Kier molecular flexibility index (Phi) is 6.16. The van der Waals surface area contributed by atoms with Crippen molar-refractivity contribution in [3.63, 3.8) is 0 Å². The summed E-state index contributed by atoms with van der Waals surface area (Å²) in [4.78, 5) is 37.8. The molecule has 0 bridgehead atoms. The topological polar surface area (TPSA) is 105 Å². The number of amides is 2. The SMILES string of the molecule is Cc1cc(C)cc(C(=O)N(NC(=O)c2ccc3c(c2C)O[C@@H](C(=O)O)CO3)C(C)(C)C)c1. The summed E-state index contributed by atoms with van der Waals surface area (Å²) in [6, 6.07) is 8.65. The van der Waals surface area contributed by atoms with Crippen molar-refractivity contribution in [3.05, 3.63) is 58.1 Å². The van der Waals surface area contributed by atoms with Crippen LogP contribution in [0.4, 0.5) is 0 Å². The van der Waals surface area contributed by atoms with Gasteiger partial charge in [-0.15, -0.1) is 0 Å². The number of aliphatic carboxylic acids is 1. The Balaban J connectivity index is 1.92. The van der Waals surface area contributed by atoms with E-state index in [1.54, 1.807) is 31.2 Å². The fourth-order valence-electron chi connectivity index (χ4n) is 3.55. The smallest absolute Gasteiger partial charge is 0.348 e. The quantitative estimate of drug-likeness (QED) is 0.709. The van der Waals surface area contributed by atoms with Gasteiger partial charge >= 0.3 is 5.97 Å². The number of hydrazine groups is 1. The van der Waals surface area contributed by atoms with Crippen LogP contribution in [0.15, 0.2) is 30.3 Å². The number of nitrogens with one attached hydrogen (secondary N) is 1. The van der Waals surface area contributed by atoms with Crippen molar-refractivity contribution in [2.45, 2.75) is 53.2 Å². The largest absolute Gasteiger partial charge is 0.485 e. The van der Waals surface area contributed by atoms with Gasteiger partial charge in [0.15, 0.2) is 11.5 Å². The van der Waals surface area contributed by atoms with Crippen LogP contribution in [0.1, 0.15) is 58.2 Å². The summed E-state index contributed by atoms with van der Waals surface area (Å²) >= 11 is 0. The van der Waals surface area contributed by atoms with Crippen LogP contribution in [0, 0.1) is 20.8 Å². The summed E-state index contributed by atoms with van der Waals surface area (Å²) in [6.07, 6.45) is -1.16. The second-order valence-corrected chi connectivity index (χ2v) is 8.95. The second kappa shape index (κ2) is 8.53. The van der Waals surface area contributed by atoms with Crippen LogP contribution in [0.25, 0.3) is 0 Å². The highest BCUT2D eigenvalue weighted by Crippen LogP contribution is 2.37. The third kappa shape index (κ3) is 4.69. The molecule has 8 nitrogen and oxygen atoms in total. The minimum atomic E-state index is -1.16. The number of fused-ring (bicyclic) bond motifs is 1. The van der Waals surface area contributed by atoms with E-state index in [0.717, 1.165) is 11.1 Å². The van der Waals surface area contributed by atoms with E-state index in [1.165, 1.54) is 5.01 Å². The number of ether oxygens (including phenoxy) is 2. The second-order valence-electron chi connectivity index (χ2n) is 8.95. The molecule has 8 heteroatoms. The summed E-state index contributed by atoms with van der Waals surface area (Å²) in [5.41, 5.74) is 5.07. The van der Waals surface area contributed by atoms with Crippen molar-refractivity contribution in [2.24, 2.45) is 0 Å². The van der Waals surface area contributed by atoms with E-state index in [4.69, 9.17) is 9.47 Å². The first-order valence-corrected chi connectivity index (χ1v) is 10.3. The van der Waals surface area contributed by atoms with Gasteiger partial charge in [-0.3, -0.25) is 15.0 Å². The van der Waals surface area contributed by atoms with Crippen molar-refractivity contribution < 1.29 is 29.0 Å². The summed E-state index contributed by atoms with van der Waals surface area (Å²) in [5.74, 6) is -1.42. The molecular formula is C24H28N2O6. The fraction of sp³-hybridized carbons (Fsp3) is 0.375. The van der Waals surface area contributed by atoms with Crippen LogP contribution >= 0.6 is 0 Å². The van der Waals surface area contributed by atoms with Crippen LogP contribution in [-0.2, 0) is 4.79 Å². The number of carboxylic acid groups (broad SMARTS) is 1. The molecule has 3 rings (SSSR count). The minimum Gasteiger partial charge on any atom is -0.485 e. The van der Waals surface area contributed by atoms with E-state index < -0.39 is 23.5 Å². The third-order valence-corrected chi connectivity index (χ3v) is 5.10. The maximum absolute atomic E-state index is 13.3. The van der Waals surface area contributed by atoms with Gasteiger partial charge in [0.25, 0.3) is 11.8 Å². The zero-order valence-electron chi connectivity index (χ0n) is 19.1. The van der Waals surface area contributed by atoms with Crippen molar-refractivity contribution >= 4 is 17.8 Å². The van der Waals surface area contributed by atoms with E-state index in [2.05, 4.69) is 5.43 Å². The van der Waals surface area contributed by atoms with E-state index >= 15 is 0 Å². The molecule has 2 N–H and O–H groups in total. The number of carbonyl (C=O) groups is 3. The molecule has 2 amide bonds. The van der Waals surface area contributed by atoms with Crippen molar-refractivity contribution in [3.8, 4) is 11.5 Å². The van der Waals surface area contributed by atoms with Gasteiger partial charge in [0.2, 0.25) is 6.10 Å². The number of carboxylic acids is 1. The number of hydrogen-bond donors (Lipinski definition) is 2. The number of aryl methyl sites for hydroxylation is 2. The van der Waals surface area contributed by atoms with Gasteiger partial charge in [-0.1, -0.05) is 17.2 Å². The molecule has 170 valence electrons. The Hall–Kier alpha value is -3.55. The molecule has 1 heterocycles. The van der Waals surface area contributed by atoms with Gasteiger partial charge < -0.3 is 14.6 Å². The molecule has 0 saturated carbocycles. The first-order chi connectivity index (χ1) is 14.9. The zero-order valence-corrected chi connectivity index (χ0v) is 19.1. The van der Waals surface area contributed by atoms with Crippen molar-refractivity contribution in [2.75, 3.05) is 6.61 Å². The molecule has 1 aliphatic rings. The molecule has 2 aromatic carbocycles. The normalized spacial score (nSPS) is 15.1. The lowest BCUT2D eigenvalue weighted by Gasteiger charge is -2.36. The van der Waals surface area contributed by atoms with Gasteiger partial charge in [0.1, 0.15) is 6.61 Å². The van der Waals surface area contributed by atoms with Gasteiger partial charge in [0.05, 0.1) is 5.54 Å². The predicted octanol–water partition coefficient (Wildman–Crippen LogP) is 3.42. The number of rotatable bonds is 3. The van der Waals surface area contributed by atoms with Crippen LogP contribution in [0.3, 0.4) is 0 Å². The molecule has 0 aromatic heterocycles. The van der Waals surface area contributed by atoms with Gasteiger partial charge in [-0.05, 0) is 65.8 Å². The first-order valence-electron chi connectivity index (χ1n) is 10.3. The average molecular weight is 440 g/mol. The summed E-state index contributed by atoms with van der Waals surface area (Å²) in [7, 11) is 0. The molecule has 0 radical (unpaired) electrons. The monoisotopic (exact) mass is 440 g/mol. The van der Waals surface area contributed by atoms with Gasteiger partial charge in [0, 0.05) is 16.7 Å². The van der Waals surface area contributed by atoms with Crippen molar-refractivity contribution in [1.82, 2.24) is 10.4 Å². The predicted molar refractivity (Wildman–Crippen MR) is 118 cm³/mol. The Labute approximate surface area is 187 Å². The summed E-state index contributed by atoms with van der Waals surface area (Å²) < 4.78 is 11.0. The number of benzene rings is 2. The number of nitrogens with zero attached hydrogens (tertiary/aromatic N) is 1. The third-order valence-electron chi connectivity index (χ3n) is 5.10. The average Bonchev–Trinajstić information content (AvgIpc) is 2.69. The standard InChI is InChI=1S/C24H28N2O6/c1-13-9-14(2)11-16(10-13)22(28)26(24(4,5)6)25-21(27)17-7-8-18-20(15(17)3)32-19(12-31-18)23(29)30/h7-11,19H,12H2,1-6H3,(H,25,27)(H,29,30)/t19-/m1/s1. The maximum Gasteiger partial charge on any atom is 0.348 e. The molecule has 0 fully saturated rings. The highest BCUT2D eigenvalue weighted by molar-refractivity contribution is 6.00. The lowest BCUT2D eigenvalue weighted by atomic mass is 10.0.